The SMILES string of the molecule is CCCCCCCCCCCCCC/C=C/COC(=O)c1ccc(S(=O)(=O)[O-])cc1C(=O)OC/C=C/CCCCCCCCCCCCCC.[Na+]. The van der Waals surface area contributed by atoms with Gasteiger partial charge in [-0.05, 0) is 43.9 Å². The first kappa shape index (κ1) is 49.6. The fourth-order valence-electron chi connectivity index (χ4n) is 6.01. The van der Waals surface area contributed by atoms with E-state index in [9.17, 15) is 22.6 Å². The van der Waals surface area contributed by atoms with E-state index >= 15 is 0 Å². The molecule has 0 saturated carbocycles. The number of ether oxygens (including phenoxy) is 2. The number of carbonyl (C=O) groups is 2. The molecule has 0 aliphatic heterocycles. The molecule has 0 atom stereocenters. The molecule has 1 rings (SSSR count). The Kier molecular flexibility index (Phi) is 33.4. The van der Waals surface area contributed by atoms with Gasteiger partial charge < -0.3 is 14.0 Å². The monoisotopic (exact) mass is 740 g/mol. The minimum atomic E-state index is -4.83. The van der Waals surface area contributed by atoms with Gasteiger partial charge in [-0.1, -0.05) is 179 Å². The third kappa shape index (κ3) is 27.8. The number of allylic oxidation sites excluding steroid dienone is 2. The van der Waals surface area contributed by atoms with E-state index in [1.807, 2.05) is 12.2 Å². The molecule has 0 aliphatic rings. The molecule has 0 heterocycles. The molecular weight excluding hydrogens is 672 g/mol. The van der Waals surface area contributed by atoms with Crippen molar-refractivity contribution >= 4 is 22.1 Å². The molecule has 1 aromatic rings. The normalized spacial score (nSPS) is 11.7. The molecule has 0 spiro atoms. The van der Waals surface area contributed by atoms with Gasteiger partial charge in [-0.25, -0.2) is 18.0 Å². The van der Waals surface area contributed by atoms with Gasteiger partial charge in [-0.3, -0.25) is 0 Å². The van der Waals surface area contributed by atoms with Crippen LogP contribution in [-0.4, -0.2) is 38.1 Å². The van der Waals surface area contributed by atoms with Crippen molar-refractivity contribution in [1.82, 2.24) is 0 Å². The number of hydrogen-bond donors (Lipinski definition) is 0. The summed E-state index contributed by atoms with van der Waals surface area (Å²) in [5, 5.41) is 0. The number of hydrogen-bond acceptors (Lipinski definition) is 7. The topological polar surface area (TPSA) is 110 Å². The van der Waals surface area contributed by atoms with Crippen LogP contribution >= 0.6 is 0 Å². The van der Waals surface area contributed by atoms with Gasteiger partial charge in [0, 0.05) is 0 Å². The number of rotatable bonds is 33. The summed E-state index contributed by atoms with van der Waals surface area (Å²) in [6.07, 6.45) is 40.2. The summed E-state index contributed by atoms with van der Waals surface area (Å²) in [5.41, 5.74) is -0.445. The van der Waals surface area contributed by atoms with E-state index in [2.05, 4.69) is 13.8 Å². The summed E-state index contributed by atoms with van der Waals surface area (Å²) in [6.45, 7) is 4.49. The van der Waals surface area contributed by atoms with Crippen molar-refractivity contribution in [2.45, 2.75) is 186 Å². The second-order valence-corrected chi connectivity index (χ2v) is 15.0. The third-order valence-corrected chi connectivity index (χ3v) is 9.95. The van der Waals surface area contributed by atoms with E-state index in [0.717, 1.165) is 50.3 Å². The number of benzene rings is 1. The predicted octanol–water partition coefficient (Wildman–Crippen LogP) is 9.20. The maximum atomic E-state index is 12.8. The van der Waals surface area contributed by atoms with Gasteiger partial charge in [0.05, 0.1) is 16.0 Å². The molecule has 0 amide bonds. The zero-order valence-electron chi connectivity index (χ0n) is 32.6. The molecule has 0 unspecified atom stereocenters. The van der Waals surface area contributed by atoms with Gasteiger partial charge in [-0.2, -0.15) is 0 Å². The quantitative estimate of drug-likeness (QED) is 0.0232. The van der Waals surface area contributed by atoms with Gasteiger partial charge >= 0.3 is 41.5 Å². The predicted molar refractivity (Wildman–Crippen MR) is 205 cm³/mol. The molecule has 0 fully saturated rings. The van der Waals surface area contributed by atoms with Crippen molar-refractivity contribution in [3.8, 4) is 0 Å². The third-order valence-electron chi connectivity index (χ3n) is 9.12. The Morgan fingerprint density at radius 3 is 1.22 bits per heavy atom. The van der Waals surface area contributed by atoms with E-state index in [-0.39, 0.29) is 53.9 Å². The molecule has 9 heteroatoms. The summed E-state index contributed by atoms with van der Waals surface area (Å²) >= 11 is 0. The van der Waals surface area contributed by atoms with Crippen molar-refractivity contribution in [2.24, 2.45) is 0 Å². The van der Waals surface area contributed by atoms with Crippen molar-refractivity contribution < 1.29 is 61.6 Å². The molecule has 0 aliphatic carbocycles. The van der Waals surface area contributed by atoms with Gasteiger partial charge in [-0.15, -0.1) is 0 Å². The average Bonchev–Trinajstić information content (AvgIpc) is 3.10. The summed E-state index contributed by atoms with van der Waals surface area (Å²) in [7, 11) is -4.83. The first-order valence-electron chi connectivity index (χ1n) is 20.0. The Hall–Kier alpha value is -1.45. The Morgan fingerprint density at radius 2 is 0.863 bits per heavy atom. The molecule has 0 bridgehead atoms. The van der Waals surface area contributed by atoms with E-state index in [1.165, 1.54) is 135 Å². The molecule has 7 nitrogen and oxygen atoms in total. The zero-order valence-corrected chi connectivity index (χ0v) is 35.4. The van der Waals surface area contributed by atoms with Crippen LogP contribution in [0.3, 0.4) is 0 Å². The molecule has 0 aromatic heterocycles. The Balaban J connectivity index is 0.0000250. The molecule has 286 valence electrons. The molecule has 51 heavy (non-hydrogen) atoms. The Bertz CT molecular complexity index is 1180. The Morgan fingerprint density at radius 1 is 0.529 bits per heavy atom. The largest absolute Gasteiger partial charge is 1.00 e. The van der Waals surface area contributed by atoms with Crippen LogP contribution in [0.15, 0.2) is 47.4 Å². The van der Waals surface area contributed by atoms with Crippen LogP contribution in [0.1, 0.15) is 202 Å². The van der Waals surface area contributed by atoms with Crippen molar-refractivity contribution in [2.75, 3.05) is 13.2 Å². The second kappa shape index (κ2) is 34.3. The molecule has 0 saturated heterocycles. The van der Waals surface area contributed by atoms with Crippen LogP contribution in [0.4, 0.5) is 0 Å². The van der Waals surface area contributed by atoms with E-state index in [4.69, 9.17) is 9.47 Å². The number of carbonyl (C=O) groups excluding carboxylic acids is 2. The fraction of sp³-hybridized carbons (Fsp3) is 0.714. The standard InChI is InChI=1S/C42H70O7S.Na/c1-3-5-7-9-11-13-15-17-19-21-23-25-27-29-31-35-48-41(43)39-34-33-38(50(45,46)47)37-40(39)42(44)49-36-32-30-28-26-24-22-20-18-16-14-12-10-8-6-4-2;/h29-34,37H,3-28,35-36H2,1-2H3,(H,45,46,47);/q;+1/p-1/b31-29+,32-30+;. The number of unbranched alkanes of at least 4 members (excludes halogenated alkanes) is 24. The molecule has 1 aromatic carbocycles. The van der Waals surface area contributed by atoms with Crippen LogP contribution in [0.5, 0.6) is 0 Å². The maximum Gasteiger partial charge on any atom is 1.00 e. The van der Waals surface area contributed by atoms with Crippen molar-refractivity contribution in [3.63, 3.8) is 0 Å². The molecule has 0 radical (unpaired) electrons. The second-order valence-electron chi connectivity index (χ2n) is 13.7. The maximum absolute atomic E-state index is 12.8. The van der Waals surface area contributed by atoms with Crippen LogP contribution in [0.2, 0.25) is 0 Å². The van der Waals surface area contributed by atoms with Gasteiger partial charge in [0.15, 0.2) is 0 Å². The average molecular weight is 741 g/mol. The van der Waals surface area contributed by atoms with Crippen LogP contribution in [-0.2, 0) is 19.6 Å². The molecular formula is C42H69NaO7S. The molecule has 0 N–H and O–H groups in total. The van der Waals surface area contributed by atoms with Crippen LogP contribution < -0.4 is 29.6 Å². The summed E-state index contributed by atoms with van der Waals surface area (Å²) in [5.74, 6) is -1.68. The van der Waals surface area contributed by atoms with Gasteiger partial charge in [0.1, 0.15) is 23.3 Å². The van der Waals surface area contributed by atoms with Crippen molar-refractivity contribution in [3.05, 3.63) is 53.6 Å². The van der Waals surface area contributed by atoms with E-state index in [1.54, 1.807) is 12.2 Å². The van der Waals surface area contributed by atoms with Crippen molar-refractivity contribution in [1.29, 1.82) is 0 Å². The van der Waals surface area contributed by atoms with E-state index < -0.39 is 27.0 Å². The van der Waals surface area contributed by atoms with Gasteiger partial charge in [0.25, 0.3) is 0 Å². The minimum absolute atomic E-state index is 0. The first-order valence-corrected chi connectivity index (χ1v) is 21.5. The summed E-state index contributed by atoms with van der Waals surface area (Å²) in [6, 6.07) is 3.03. The van der Waals surface area contributed by atoms with Gasteiger partial charge in [0.2, 0.25) is 0 Å². The van der Waals surface area contributed by atoms with Crippen LogP contribution in [0, 0.1) is 0 Å². The summed E-state index contributed by atoms with van der Waals surface area (Å²) in [4.78, 5) is 25.0. The smallest absolute Gasteiger partial charge is 0.744 e. The first-order chi connectivity index (χ1) is 24.3. The fourth-order valence-corrected chi connectivity index (χ4v) is 6.50. The summed E-state index contributed by atoms with van der Waals surface area (Å²) < 4.78 is 45.4. The van der Waals surface area contributed by atoms with Crippen LogP contribution in [0.25, 0.3) is 0 Å². The zero-order chi connectivity index (χ0) is 36.5. The van der Waals surface area contributed by atoms with E-state index in [0.29, 0.717) is 0 Å². The minimum Gasteiger partial charge on any atom is -0.744 e. The number of esters is 2. The Labute approximate surface area is 334 Å².